The SMILES string of the molecule is CC(C)(C)NCc1cncc(N2CCSCC2)n1. The first-order valence-electron chi connectivity index (χ1n) is 6.43. The Hall–Kier alpha value is -0.810. The van der Waals surface area contributed by atoms with E-state index in [4.69, 9.17) is 4.98 Å². The lowest BCUT2D eigenvalue weighted by Gasteiger charge is -2.27. The molecule has 1 aliphatic rings. The molecule has 0 atom stereocenters. The van der Waals surface area contributed by atoms with Crippen molar-refractivity contribution in [3.05, 3.63) is 18.1 Å². The number of aromatic nitrogens is 2. The van der Waals surface area contributed by atoms with Crippen LogP contribution in [0.25, 0.3) is 0 Å². The van der Waals surface area contributed by atoms with Crippen molar-refractivity contribution in [1.82, 2.24) is 15.3 Å². The van der Waals surface area contributed by atoms with Crippen molar-refractivity contribution >= 4 is 17.6 Å². The van der Waals surface area contributed by atoms with Crippen molar-refractivity contribution in [2.75, 3.05) is 29.5 Å². The third-order valence-electron chi connectivity index (χ3n) is 2.81. The molecule has 1 fully saturated rings. The van der Waals surface area contributed by atoms with Gasteiger partial charge in [0.2, 0.25) is 0 Å². The van der Waals surface area contributed by atoms with Crippen molar-refractivity contribution in [2.24, 2.45) is 0 Å². The van der Waals surface area contributed by atoms with Gasteiger partial charge < -0.3 is 10.2 Å². The Balaban J connectivity index is 2.00. The van der Waals surface area contributed by atoms with E-state index in [1.807, 2.05) is 24.2 Å². The number of thioether (sulfide) groups is 1. The van der Waals surface area contributed by atoms with E-state index >= 15 is 0 Å². The van der Waals surface area contributed by atoms with E-state index in [9.17, 15) is 0 Å². The minimum Gasteiger partial charge on any atom is -0.354 e. The molecule has 1 saturated heterocycles. The Labute approximate surface area is 114 Å². The quantitative estimate of drug-likeness (QED) is 0.905. The topological polar surface area (TPSA) is 41.1 Å². The standard InChI is InChI=1S/C13H22N4S/c1-13(2,3)15-9-11-8-14-10-12(16-11)17-4-6-18-7-5-17/h8,10,15H,4-7,9H2,1-3H3. The van der Waals surface area contributed by atoms with Crippen molar-refractivity contribution in [3.63, 3.8) is 0 Å². The van der Waals surface area contributed by atoms with E-state index in [1.165, 1.54) is 11.5 Å². The number of nitrogens with zero attached hydrogens (tertiary/aromatic N) is 3. The van der Waals surface area contributed by atoms with Crippen LogP contribution in [0.15, 0.2) is 12.4 Å². The smallest absolute Gasteiger partial charge is 0.147 e. The number of anilines is 1. The van der Waals surface area contributed by atoms with Gasteiger partial charge in [-0.05, 0) is 20.8 Å². The van der Waals surface area contributed by atoms with Gasteiger partial charge in [-0.25, -0.2) is 4.98 Å². The summed E-state index contributed by atoms with van der Waals surface area (Å²) >= 11 is 2.01. The highest BCUT2D eigenvalue weighted by Crippen LogP contribution is 2.16. The Bertz CT molecular complexity index is 383. The van der Waals surface area contributed by atoms with Crippen LogP contribution in [0.5, 0.6) is 0 Å². The highest BCUT2D eigenvalue weighted by Gasteiger charge is 2.14. The molecule has 1 aliphatic heterocycles. The van der Waals surface area contributed by atoms with Crippen molar-refractivity contribution < 1.29 is 0 Å². The Morgan fingerprint density at radius 3 is 2.67 bits per heavy atom. The molecule has 1 aromatic rings. The second kappa shape index (κ2) is 5.89. The van der Waals surface area contributed by atoms with Crippen molar-refractivity contribution in [1.29, 1.82) is 0 Å². The van der Waals surface area contributed by atoms with Gasteiger partial charge in [0, 0.05) is 42.9 Å². The van der Waals surface area contributed by atoms with Crippen molar-refractivity contribution in [3.8, 4) is 0 Å². The fraction of sp³-hybridized carbons (Fsp3) is 0.692. The van der Waals surface area contributed by atoms with Gasteiger partial charge in [0.1, 0.15) is 5.82 Å². The van der Waals surface area contributed by atoms with Gasteiger partial charge in [-0.3, -0.25) is 4.98 Å². The molecule has 2 rings (SSSR count). The number of nitrogens with one attached hydrogen (secondary N) is 1. The van der Waals surface area contributed by atoms with E-state index in [1.54, 1.807) is 0 Å². The summed E-state index contributed by atoms with van der Waals surface area (Å²) in [6.45, 7) is 9.41. The molecule has 0 aliphatic carbocycles. The van der Waals surface area contributed by atoms with Gasteiger partial charge in [-0.2, -0.15) is 11.8 Å². The van der Waals surface area contributed by atoms with Crippen LogP contribution in [0.3, 0.4) is 0 Å². The fourth-order valence-corrected chi connectivity index (χ4v) is 2.68. The van der Waals surface area contributed by atoms with Crippen LogP contribution < -0.4 is 10.2 Å². The average molecular weight is 266 g/mol. The van der Waals surface area contributed by atoms with E-state index in [0.29, 0.717) is 0 Å². The minimum atomic E-state index is 0.111. The summed E-state index contributed by atoms with van der Waals surface area (Å²) in [5, 5.41) is 3.44. The molecular weight excluding hydrogens is 244 g/mol. The molecule has 0 amide bonds. The maximum absolute atomic E-state index is 4.69. The third kappa shape index (κ3) is 4.14. The summed E-state index contributed by atoms with van der Waals surface area (Å²) in [6.07, 6.45) is 3.72. The van der Waals surface area contributed by atoms with Crippen LogP contribution in [0.1, 0.15) is 26.5 Å². The third-order valence-corrected chi connectivity index (χ3v) is 3.75. The van der Waals surface area contributed by atoms with Crippen LogP contribution in [0.4, 0.5) is 5.82 Å². The average Bonchev–Trinajstić information content (AvgIpc) is 2.37. The first kappa shape index (κ1) is 13.6. The predicted molar refractivity (Wildman–Crippen MR) is 78.2 cm³/mol. The van der Waals surface area contributed by atoms with Crippen LogP contribution in [0, 0.1) is 0 Å². The molecule has 1 N–H and O–H groups in total. The monoisotopic (exact) mass is 266 g/mol. The van der Waals surface area contributed by atoms with Gasteiger partial charge in [0.05, 0.1) is 11.9 Å². The normalized spacial score (nSPS) is 16.9. The molecule has 0 unspecified atom stereocenters. The van der Waals surface area contributed by atoms with Gasteiger partial charge in [-0.1, -0.05) is 0 Å². The second-order valence-corrected chi connectivity index (χ2v) is 6.80. The largest absolute Gasteiger partial charge is 0.354 e. The first-order valence-corrected chi connectivity index (χ1v) is 7.59. The molecule has 0 aromatic carbocycles. The van der Waals surface area contributed by atoms with E-state index in [0.717, 1.165) is 31.1 Å². The van der Waals surface area contributed by atoms with Gasteiger partial charge >= 0.3 is 0 Å². The molecule has 0 saturated carbocycles. The lowest BCUT2D eigenvalue weighted by atomic mass is 10.1. The predicted octanol–water partition coefficient (Wildman–Crippen LogP) is 1.92. The molecular formula is C13H22N4S. The maximum atomic E-state index is 4.69. The molecule has 100 valence electrons. The van der Waals surface area contributed by atoms with E-state index in [-0.39, 0.29) is 5.54 Å². The van der Waals surface area contributed by atoms with E-state index in [2.05, 4.69) is 36.0 Å². The summed E-state index contributed by atoms with van der Waals surface area (Å²) < 4.78 is 0. The summed E-state index contributed by atoms with van der Waals surface area (Å²) in [7, 11) is 0. The zero-order chi connectivity index (χ0) is 13.0. The molecule has 0 bridgehead atoms. The Kier molecular flexibility index (Phi) is 4.45. The molecule has 2 heterocycles. The molecule has 5 heteroatoms. The van der Waals surface area contributed by atoms with Crippen LogP contribution >= 0.6 is 11.8 Å². The lowest BCUT2D eigenvalue weighted by molar-refractivity contribution is 0.421. The van der Waals surface area contributed by atoms with Gasteiger partial charge in [0.15, 0.2) is 0 Å². The highest BCUT2D eigenvalue weighted by atomic mass is 32.2. The second-order valence-electron chi connectivity index (χ2n) is 5.57. The summed E-state index contributed by atoms with van der Waals surface area (Å²) in [5.74, 6) is 3.39. The van der Waals surface area contributed by atoms with Crippen LogP contribution in [0.2, 0.25) is 0 Å². The molecule has 4 nitrogen and oxygen atoms in total. The highest BCUT2D eigenvalue weighted by molar-refractivity contribution is 7.99. The molecule has 0 radical (unpaired) electrons. The summed E-state index contributed by atoms with van der Waals surface area (Å²) in [5.41, 5.74) is 1.13. The number of rotatable bonds is 3. The first-order chi connectivity index (χ1) is 8.54. The fourth-order valence-electron chi connectivity index (χ4n) is 1.78. The molecule has 0 spiro atoms. The summed E-state index contributed by atoms with van der Waals surface area (Å²) in [4.78, 5) is 11.3. The Morgan fingerprint density at radius 1 is 1.28 bits per heavy atom. The van der Waals surface area contributed by atoms with Crippen LogP contribution in [-0.2, 0) is 6.54 Å². The lowest BCUT2D eigenvalue weighted by Crippen LogP contribution is -2.36. The van der Waals surface area contributed by atoms with Crippen LogP contribution in [-0.4, -0.2) is 40.1 Å². The van der Waals surface area contributed by atoms with Gasteiger partial charge in [-0.15, -0.1) is 0 Å². The van der Waals surface area contributed by atoms with Crippen molar-refractivity contribution in [2.45, 2.75) is 32.9 Å². The van der Waals surface area contributed by atoms with E-state index < -0.39 is 0 Å². The molecule has 18 heavy (non-hydrogen) atoms. The zero-order valence-electron chi connectivity index (χ0n) is 11.4. The number of hydrogen-bond acceptors (Lipinski definition) is 5. The zero-order valence-corrected chi connectivity index (χ0v) is 12.3. The molecule has 1 aromatic heterocycles. The minimum absolute atomic E-state index is 0.111. The van der Waals surface area contributed by atoms with Gasteiger partial charge in [0.25, 0.3) is 0 Å². The summed E-state index contributed by atoms with van der Waals surface area (Å²) in [6, 6.07) is 0. The maximum Gasteiger partial charge on any atom is 0.147 e. The number of hydrogen-bond donors (Lipinski definition) is 1. The Morgan fingerprint density at radius 2 is 2.00 bits per heavy atom.